The lowest BCUT2D eigenvalue weighted by Crippen LogP contribution is -2.31. The van der Waals surface area contributed by atoms with E-state index in [4.69, 9.17) is 18.5 Å². The minimum atomic E-state index is -3.62. The average Bonchev–Trinajstić information content (AvgIpc) is 3.33. The van der Waals surface area contributed by atoms with E-state index < -0.39 is 18.7 Å². The zero-order chi connectivity index (χ0) is 18.3. The Bertz CT molecular complexity index is 595. The molecule has 0 aliphatic heterocycles. The van der Waals surface area contributed by atoms with Crippen LogP contribution < -0.4 is 0 Å². The van der Waals surface area contributed by atoms with Crippen LogP contribution in [0.1, 0.15) is 32.8 Å². The number of hydrogen-bond donors (Lipinski definition) is 0. The third-order valence-corrected chi connectivity index (χ3v) is 7.12. The maximum atomic E-state index is 13.3. The number of carbonyl (C=O) groups excluding carboxylic acids is 1. The van der Waals surface area contributed by atoms with Gasteiger partial charge in [-0.25, -0.2) is 0 Å². The molecule has 0 spiro atoms. The molecule has 0 bridgehead atoms. The maximum Gasteiger partial charge on any atom is 0.348 e. The van der Waals surface area contributed by atoms with E-state index in [0.29, 0.717) is 19.6 Å². The second-order valence-corrected chi connectivity index (χ2v) is 8.19. The Balaban J connectivity index is 2.08. The van der Waals surface area contributed by atoms with Gasteiger partial charge in [0.25, 0.3) is 0 Å². The highest BCUT2D eigenvalue weighted by molar-refractivity contribution is 7.57. The van der Waals surface area contributed by atoms with E-state index in [1.807, 2.05) is 30.3 Å². The minimum Gasteiger partial charge on any atom is -0.465 e. The van der Waals surface area contributed by atoms with Crippen molar-refractivity contribution in [3.8, 4) is 0 Å². The van der Waals surface area contributed by atoms with Crippen molar-refractivity contribution in [3.63, 3.8) is 0 Å². The van der Waals surface area contributed by atoms with E-state index in [-0.39, 0.29) is 25.7 Å². The second-order valence-electron chi connectivity index (χ2n) is 5.88. The van der Waals surface area contributed by atoms with Crippen molar-refractivity contribution in [1.29, 1.82) is 0 Å². The van der Waals surface area contributed by atoms with Crippen LogP contribution in [0.2, 0.25) is 0 Å². The van der Waals surface area contributed by atoms with Crippen molar-refractivity contribution in [2.45, 2.75) is 39.0 Å². The van der Waals surface area contributed by atoms with Crippen LogP contribution in [-0.4, -0.2) is 37.6 Å². The van der Waals surface area contributed by atoms with Crippen LogP contribution >= 0.6 is 7.60 Å². The molecule has 1 aliphatic carbocycles. The molecule has 140 valence electrons. The Morgan fingerprint density at radius 2 is 1.76 bits per heavy atom. The summed E-state index contributed by atoms with van der Waals surface area (Å²) in [5, 5.41) is -1.24. The van der Waals surface area contributed by atoms with Gasteiger partial charge in [0.1, 0.15) is 0 Å². The van der Waals surface area contributed by atoms with Gasteiger partial charge in [-0.2, -0.15) is 0 Å². The highest BCUT2D eigenvalue weighted by atomic mass is 31.2. The summed E-state index contributed by atoms with van der Waals surface area (Å²) in [6.07, 6.45) is 0.387. The first kappa shape index (κ1) is 20.1. The molecule has 2 rings (SSSR count). The molecule has 0 N–H and O–H groups in total. The van der Waals surface area contributed by atoms with Crippen LogP contribution in [0.4, 0.5) is 0 Å². The number of esters is 1. The summed E-state index contributed by atoms with van der Waals surface area (Å²) >= 11 is 0. The van der Waals surface area contributed by atoms with E-state index in [0.717, 1.165) is 5.56 Å². The van der Waals surface area contributed by atoms with E-state index >= 15 is 0 Å². The molecule has 1 aliphatic rings. The molecule has 1 aromatic carbocycles. The molecular weight excluding hydrogens is 343 g/mol. The van der Waals surface area contributed by atoms with Gasteiger partial charge in [-0.3, -0.25) is 9.36 Å². The molecule has 0 unspecified atom stereocenters. The van der Waals surface area contributed by atoms with Gasteiger partial charge in [-0.1, -0.05) is 30.3 Å². The van der Waals surface area contributed by atoms with Gasteiger partial charge in [0.15, 0.2) is 5.16 Å². The fourth-order valence-electron chi connectivity index (χ4n) is 2.97. The molecule has 7 heteroatoms. The monoisotopic (exact) mass is 370 g/mol. The van der Waals surface area contributed by atoms with Crippen molar-refractivity contribution in [2.24, 2.45) is 5.92 Å². The number of ether oxygens (including phenoxy) is 2. The molecule has 0 heterocycles. The lowest BCUT2D eigenvalue weighted by atomic mass is 10.2. The Labute approximate surface area is 149 Å². The van der Waals surface area contributed by atoms with Crippen LogP contribution in [0, 0.1) is 5.92 Å². The van der Waals surface area contributed by atoms with E-state index in [9.17, 15) is 9.36 Å². The number of benzene rings is 1. The number of hydrogen-bond acceptors (Lipinski definition) is 6. The topological polar surface area (TPSA) is 71.1 Å². The van der Waals surface area contributed by atoms with Gasteiger partial charge < -0.3 is 18.5 Å². The zero-order valence-corrected chi connectivity index (χ0v) is 16.0. The molecule has 1 fully saturated rings. The van der Waals surface area contributed by atoms with Crippen molar-refractivity contribution in [3.05, 3.63) is 35.9 Å². The smallest absolute Gasteiger partial charge is 0.348 e. The predicted molar refractivity (Wildman–Crippen MR) is 94.4 cm³/mol. The zero-order valence-electron chi connectivity index (χ0n) is 15.1. The van der Waals surface area contributed by atoms with Gasteiger partial charge in [0.2, 0.25) is 0 Å². The summed E-state index contributed by atoms with van der Waals surface area (Å²) < 4.78 is 35.0. The van der Waals surface area contributed by atoms with Crippen LogP contribution in [0.15, 0.2) is 30.3 Å². The average molecular weight is 370 g/mol. The molecule has 25 heavy (non-hydrogen) atoms. The first-order valence-electron chi connectivity index (χ1n) is 8.72. The Morgan fingerprint density at radius 1 is 1.12 bits per heavy atom. The number of carbonyl (C=O) groups is 1. The molecule has 0 aromatic heterocycles. The second kappa shape index (κ2) is 8.95. The molecule has 0 radical (unpaired) electrons. The normalized spacial score (nSPS) is 22.6. The minimum absolute atomic E-state index is 0.204. The molecule has 6 nitrogen and oxygen atoms in total. The summed E-state index contributed by atoms with van der Waals surface area (Å²) in [6.45, 7) is 6.55. The predicted octanol–water partition coefficient (Wildman–Crippen LogP) is 3.79. The molecule has 2 atom stereocenters. The molecule has 1 saturated carbocycles. The van der Waals surface area contributed by atoms with Gasteiger partial charge in [-0.05, 0) is 32.8 Å². The SMILES string of the molecule is CCOC(=O)[C@]1(P(=O)(OCC)OCC)C[C@H]1COCc1ccccc1. The van der Waals surface area contributed by atoms with E-state index in [1.54, 1.807) is 20.8 Å². The molecule has 1 aromatic rings. The maximum absolute atomic E-state index is 13.3. The van der Waals surface area contributed by atoms with Crippen molar-refractivity contribution < 1.29 is 27.9 Å². The summed E-state index contributed by atoms with van der Waals surface area (Å²) in [5.74, 6) is -0.757. The van der Waals surface area contributed by atoms with E-state index in [2.05, 4.69) is 0 Å². The first-order chi connectivity index (χ1) is 12.0. The van der Waals surface area contributed by atoms with Crippen LogP contribution in [0.3, 0.4) is 0 Å². The highest BCUT2D eigenvalue weighted by Gasteiger charge is 2.74. The highest BCUT2D eigenvalue weighted by Crippen LogP contribution is 2.74. The lowest BCUT2D eigenvalue weighted by molar-refractivity contribution is -0.144. The third-order valence-electron chi connectivity index (χ3n) is 4.22. The fourth-order valence-corrected chi connectivity index (χ4v) is 5.44. The van der Waals surface area contributed by atoms with Gasteiger partial charge in [-0.15, -0.1) is 0 Å². The lowest BCUT2D eigenvalue weighted by Gasteiger charge is -2.25. The Kier molecular flexibility index (Phi) is 7.20. The van der Waals surface area contributed by atoms with Gasteiger partial charge in [0, 0.05) is 5.92 Å². The first-order valence-corrected chi connectivity index (χ1v) is 10.3. The Hall–Kier alpha value is -1.20. The molecule has 0 amide bonds. The van der Waals surface area contributed by atoms with Crippen molar-refractivity contribution in [2.75, 3.05) is 26.4 Å². The molecule has 0 saturated heterocycles. The van der Waals surface area contributed by atoms with Crippen LogP contribution in [-0.2, 0) is 34.5 Å². The molecular formula is C18H27O6P. The largest absolute Gasteiger partial charge is 0.465 e. The van der Waals surface area contributed by atoms with Crippen LogP contribution in [0.25, 0.3) is 0 Å². The van der Waals surface area contributed by atoms with Gasteiger partial charge in [0.05, 0.1) is 33.0 Å². The standard InChI is InChI=1S/C18H27O6P/c1-4-22-17(19)18(25(20,23-5-2)24-6-3)12-16(18)14-21-13-15-10-8-7-9-11-15/h7-11,16H,4-6,12-14H2,1-3H3/t16-,18-/m0/s1. The summed E-state index contributed by atoms with van der Waals surface area (Å²) in [6, 6.07) is 9.76. The van der Waals surface area contributed by atoms with Crippen molar-refractivity contribution >= 4 is 13.6 Å². The van der Waals surface area contributed by atoms with Gasteiger partial charge >= 0.3 is 13.6 Å². The van der Waals surface area contributed by atoms with E-state index in [1.165, 1.54) is 0 Å². The Morgan fingerprint density at radius 3 is 2.32 bits per heavy atom. The number of rotatable bonds is 11. The third kappa shape index (κ3) is 4.32. The van der Waals surface area contributed by atoms with Crippen molar-refractivity contribution in [1.82, 2.24) is 0 Å². The summed E-state index contributed by atoms with van der Waals surface area (Å²) in [5.41, 5.74) is 1.04. The quantitative estimate of drug-likeness (QED) is 0.436. The van der Waals surface area contributed by atoms with Crippen LogP contribution in [0.5, 0.6) is 0 Å². The summed E-state index contributed by atoms with van der Waals surface area (Å²) in [4.78, 5) is 12.6. The summed E-state index contributed by atoms with van der Waals surface area (Å²) in [7, 11) is -3.62. The fraction of sp³-hybridized carbons (Fsp3) is 0.611.